The summed E-state index contributed by atoms with van der Waals surface area (Å²) in [6.07, 6.45) is 7.28. The number of aromatic nitrogens is 2. The van der Waals surface area contributed by atoms with E-state index >= 15 is 0 Å². The molecule has 1 rings (SSSR count). The van der Waals surface area contributed by atoms with Crippen LogP contribution in [0.4, 0.5) is 11.6 Å². The zero-order valence-corrected chi connectivity index (χ0v) is 12.0. The van der Waals surface area contributed by atoms with Crippen molar-refractivity contribution < 1.29 is 0 Å². The summed E-state index contributed by atoms with van der Waals surface area (Å²) in [4.78, 5) is 7.84. The van der Waals surface area contributed by atoms with Crippen LogP contribution in [0.3, 0.4) is 0 Å². The molecule has 0 aromatic carbocycles. The van der Waals surface area contributed by atoms with Gasteiger partial charge in [-0.2, -0.15) is 5.26 Å². The maximum atomic E-state index is 9.07. The lowest BCUT2D eigenvalue weighted by Gasteiger charge is -2.16. The van der Waals surface area contributed by atoms with Crippen LogP contribution in [0.2, 0.25) is 0 Å². The van der Waals surface area contributed by atoms with Gasteiger partial charge in [-0.25, -0.2) is 9.97 Å². The predicted molar refractivity (Wildman–Crippen MR) is 82.0 cm³/mol. The number of nitrogens with one attached hydrogen (secondary N) is 1. The Labute approximate surface area is 119 Å². The van der Waals surface area contributed by atoms with Crippen molar-refractivity contribution in [2.45, 2.75) is 26.8 Å². The molecule has 0 spiro atoms. The summed E-state index contributed by atoms with van der Waals surface area (Å²) < 4.78 is 0. The second kappa shape index (κ2) is 7.10. The molecule has 0 radical (unpaired) electrons. The van der Waals surface area contributed by atoms with Crippen molar-refractivity contribution in [1.82, 2.24) is 9.97 Å². The highest BCUT2D eigenvalue weighted by Gasteiger charge is 2.12. The molecule has 104 valence electrons. The van der Waals surface area contributed by atoms with Crippen molar-refractivity contribution in [3.8, 4) is 6.07 Å². The van der Waals surface area contributed by atoms with Gasteiger partial charge in [0.05, 0.1) is 0 Å². The van der Waals surface area contributed by atoms with Gasteiger partial charge < -0.3 is 11.1 Å². The van der Waals surface area contributed by atoms with E-state index in [9.17, 15) is 0 Å². The number of allylic oxidation sites excluding steroid dienone is 3. The van der Waals surface area contributed by atoms with Crippen LogP contribution < -0.4 is 11.1 Å². The molecule has 0 saturated heterocycles. The quantitative estimate of drug-likeness (QED) is 0.802. The number of nitrogens with two attached hydrogens (primary N) is 1. The number of hydrogen-bond acceptors (Lipinski definition) is 5. The Bertz CT molecular complexity index is 593. The van der Waals surface area contributed by atoms with Crippen molar-refractivity contribution >= 4 is 11.6 Å². The molecular weight excluding hydrogens is 250 g/mol. The summed E-state index contributed by atoms with van der Waals surface area (Å²) in [6.45, 7) is 9.93. The summed E-state index contributed by atoms with van der Waals surface area (Å²) in [5.41, 5.74) is 7.89. The third-order valence-electron chi connectivity index (χ3n) is 2.74. The molecule has 0 saturated carbocycles. The minimum atomic E-state index is -0.0726. The minimum absolute atomic E-state index is 0.0726. The Morgan fingerprint density at radius 3 is 2.85 bits per heavy atom. The number of rotatable bonds is 5. The maximum absolute atomic E-state index is 9.07. The molecule has 20 heavy (non-hydrogen) atoms. The SMILES string of the molecule is C=C(/C=C(C)/C=C\C)[C@H](C)Nc1ncnc(N)c1C#N. The Kier molecular flexibility index (Phi) is 5.48. The van der Waals surface area contributed by atoms with Gasteiger partial charge in [0.1, 0.15) is 29.6 Å². The maximum Gasteiger partial charge on any atom is 0.150 e. The standard InChI is InChI=1S/C15H19N5/c1-5-6-10(2)7-11(3)12(4)20-15-13(8-16)14(17)18-9-19-15/h5-7,9,12H,3H2,1-2,4H3,(H3,17,18,19,20)/b6-5-,10-7+/t12-/m0/s1. The number of nitrogen functional groups attached to an aromatic ring is 1. The van der Waals surface area contributed by atoms with Crippen LogP contribution in [0.25, 0.3) is 0 Å². The first-order valence-electron chi connectivity index (χ1n) is 6.26. The number of hydrogen-bond donors (Lipinski definition) is 2. The van der Waals surface area contributed by atoms with Gasteiger partial charge in [0.25, 0.3) is 0 Å². The van der Waals surface area contributed by atoms with E-state index < -0.39 is 0 Å². The fraction of sp³-hybridized carbons (Fsp3) is 0.267. The molecule has 0 aliphatic carbocycles. The molecule has 0 unspecified atom stereocenters. The van der Waals surface area contributed by atoms with Crippen LogP contribution >= 0.6 is 0 Å². The summed E-state index contributed by atoms with van der Waals surface area (Å²) in [5.74, 6) is 0.592. The fourth-order valence-corrected chi connectivity index (χ4v) is 1.65. The highest BCUT2D eigenvalue weighted by molar-refractivity contribution is 5.62. The second-order valence-corrected chi connectivity index (χ2v) is 4.42. The van der Waals surface area contributed by atoms with Crippen LogP contribution in [-0.2, 0) is 0 Å². The van der Waals surface area contributed by atoms with Crippen molar-refractivity contribution in [3.05, 3.63) is 47.8 Å². The lowest BCUT2D eigenvalue weighted by Crippen LogP contribution is -2.19. The van der Waals surface area contributed by atoms with E-state index in [-0.39, 0.29) is 17.4 Å². The van der Waals surface area contributed by atoms with Crippen molar-refractivity contribution in [2.24, 2.45) is 0 Å². The van der Waals surface area contributed by atoms with E-state index in [1.165, 1.54) is 6.33 Å². The van der Waals surface area contributed by atoms with Gasteiger partial charge in [0, 0.05) is 6.04 Å². The largest absolute Gasteiger partial charge is 0.382 e. The highest BCUT2D eigenvalue weighted by Crippen LogP contribution is 2.18. The molecule has 1 aromatic heterocycles. The van der Waals surface area contributed by atoms with E-state index in [1.807, 2.05) is 45.1 Å². The molecule has 0 amide bonds. The fourth-order valence-electron chi connectivity index (χ4n) is 1.65. The minimum Gasteiger partial charge on any atom is -0.382 e. The lowest BCUT2D eigenvalue weighted by atomic mass is 10.1. The molecule has 1 heterocycles. The second-order valence-electron chi connectivity index (χ2n) is 4.42. The molecule has 5 nitrogen and oxygen atoms in total. The summed E-state index contributed by atoms with van der Waals surface area (Å²) in [6, 6.07) is 1.93. The smallest absolute Gasteiger partial charge is 0.150 e. The zero-order chi connectivity index (χ0) is 15.1. The first-order valence-corrected chi connectivity index (χ1v) is 6.26. The van der Waals surface area contributed by atoms with Crippen molar-refractivity contribution in [1.29, 1.82) is 5.26 Å². The van der Waals surface area contributed by atoms with Gasteiger partial charge in [0.15, 0.2) is 0 Å². The van der Waals surface area contributed by atoms with Crippen molar-refractivity contribution in [2.75, 3.05) is 11.1 Å². The van der Waals surface area contributed by atoms with Crippen LogP contribution in [0, 0.1) is 11.3 Å². The molecular formula is C15H19N5. The summed E-state index contributed by atoms with van der Waals surface area (Å²) in [5, 5.41) is 12.2. The molecule has 0 aliphatic heterocycles. The third kappa shape index (κ3) is 3.95. The number of nitrogens with zero attached hydrogens (tertiary/aromatic N) is 3. The van der Waals surface area contributed by atoms with Gasteiger partial charge >= 0.3 is 0 Å². The Morgan fingerprint density at radius 2 is 2.25 bits per heavy atom. The van der Waals surface area contributed by atoms with Crippen LogP contribution in [0.1, 0.15) is 26.3 Å². The third-order valence-corrected chi connectivity index (χ3v) is 2.74. The molecule has 0 aliphatic rings. The van der Waals surface area contributed by atoms with E-state index in [0.717, 1.165) is 11.1 Å². The molecule has 0 bridgehead atoms. The highest BCUT2D eigenvalue weighted by atomic mass is 15.1. The van der Waals surface area contributed by atoms with Crippen LogP contribution in [-0.4, -0.2) is 16.0 Å². The van der Waals surface area contributed by atoms with E-state index in [4.69, 9.17) is 11.0 Å². The molecule has 0 fully saturated rings. The van der Waals surface area contributed by atoms with Gasteiger partial charge in [-0.3, -0.25) is 0 Å². The number of nitriles is 1. The summed E-state index contributed by atoms with van der Waals surface area (Å²) >= 11 is 0. The van der Waals surface area contributed by atoms with E-state index in [1.54, 1.807) is 0 Å². The van der Waals surface area contributed by atoms with Gasteiger partial charge in [-0.05, 0) is 26.3 Å². The van der Waals surface area contributed by atoms with Crippen LogP contribution in [0.5, 0.6) is 0 Å². The molecule has 3 N–H and O–H groups in total. The first-order chi connectivity index (χ1) is 9.49. The van der Waals surface area contributed by atoms with E-state index in [2.05, 4.69) is 21.9 Å². The predicted octanol–water partition coefficient (Wildman–Crippen LogP) is 2.81. The normalized spacial score (nSPS) is 13.0. The Balaban J connectivity index is 2.90. The molecule has 1 atom stereocenters. The van der Waals surface area contributed by atoms with E-state index in [0.29, 0.717) is 5.82 Å². The molecule has 5 heteroatoms. The van der Waals surface area contributed by atoms with Gasteiger partial charge in [0.2, 0.25) is 0 Å². The first kappa shape index (κ1) is 15.4. The van der Waals surface area contributed by atoms with Gasteiger partial charge in [-0.15, -0.1) is 0 Å². The van der Waals surface area contributed by atoms with Crippen LogP contribution in [0.15, 0.2) is 42.3 Å². The van der Waals surface area contributed by atoms with Gasteiger partial charge in [-0.1, -0.05) is 30.4 Å². The topological polar surface area (TPSA) is 87.6 Å². The Hall–Kier alpha value is -2.61. The molecule has 1 aromatic rings. The number of anilines is 2. The average molecular weight is 269 g/mol. The van der Waals surface area contributed by atoms with Crippen molar-refractivity contribution in [3.63, 3.8) is 0 Å². The Morgan fingerprint density at radius 1 is 1.55 bits per heavy atom. The summed E-state index contributed by atoms with van der Waals surface area (Å²) in [7, 11) is 0. The monoisotopic (exact) mass is 269 g/mol. The zero-order valence-electron chi connectivity index (χ0n) is 12.0. The average Bonchev–Trinajstić information content (AvgIpc) is 2.39. The lowest BCUT2D eigenvalue weighted by molar-refractivity contribution is 0.935.